The Labute approximate surface area is 125 Å². The highest BCUT2D eigenvalue weighted by molar-refractivity contribution is 8.00. The molecule has 1 saturated heterocycles. The van der Waals surface area contributed by atoms with Gasteiger partial charge in [0.2, 0.25) is 0 Å². The minimum atomic E-state index is -1.50. The summed E-state index contributed by atoms with van der Waals surface area (Å²) in [5, 5.41) is 19.5. The molecule has 2 N–H and O–H groups in total. The van der Waals surface area contributed by atoms with Crippen molar-refractivity contribution >= 4 is 24.3 Å². The average Bonchev–Trinajstić information content (AvgIpc) is 2.47. The molecule has 0 saturated carbocycles. The first-order valence-corrected chi connectivity index (χ1v) is 8.05. The maximum Gasteiger partial charge on any atom is 0.492 e. The van der Waals surface area contributed by atoms with E-state index in [1.807, 2.05) is 23.9 Å². The van der Waals surface area contributed by atoms with E-state index in [1.54, 1.807) is 6.07 Å². The van der Waals surface area contributed by atoms with Gasteiger partial charge < -0.3 is 14.8 Å². The molecular formula is C14H22BNO3S. The Bertz CT molecular complexity index is 444. The van der Waals surface area contributed by atoms with Crippen LogP contribution in [0, 0.1) is 0 Å². The second-order valence-corrected chi connectivity index (χ2v) is 6.49. The molecule has 4 nitrogen and oxygen atoms in total. The largest absolute Gasteiger partial charge is 0.497 e. The molecule has 1 aromatic rings. The van der Waals surface area contributed by atoms with Crippen LogP contribution in [0.25, 0.3) is 0 Å². The number of methoxy groups -OCH3 is 1. The minimum Gasteiger partial charge on any atom is -0.497 e. The summed E-state index contributed by atoms with van der Waals surface area (Å²) < 4.78 is 5.15. The number of hydrogen-bond acceptors (Lipinski definition) is 5. The van der Waals surface area contributed by atoms with Crippen LogP contribution in [-0.2, 0) is 6.54 Å². The van der Waals surface area contributed by atoms with Crippen molar-refractivity contribution in [1.29, 1.82) is 0 Å². The lowest BCUT2D eigenvalue weighted by molar-refractivity contribution is 0.273. The summed E-state index contributed by atoms with van der Waals surface area (Å²) in [4.78, 5) is 2.43. The van der Waals surface area contributed by atoms with Crippen LogP contribution < -0.4 is 10.2 Å². The van der Waals surface area contributed by atoms with Gasteiger partial charge in [-0.25, -0.2) is 0 Å². The van der Waals surface area contributed by atoms with E-state index in [-0.39, 0.29) is 0 Å². The van der Waals surface area contributed by atoms with Crippen LogP contribution in [0.15, 0.2) is 18.2 Å². The first kappa shape index (κ1) is 15.7. The molecule has 0 radical (unpaired) electrons. The monoisotopic (exact) mass is 295 g/mol. The van der Waals surface area contributed by atoms with Gasteiger partial charge in [0, 0.05) is 36.1 Å². The topological polar surface area (TPSA) is 52.9 Å². The molecular weight excluding hydrogens is 273 g/mol. The molecule has 0 aromatic heterocycles. The molecule has 6 heteroatoms. The summed E-state index contributed by atoms with van der Waals surface area (Å²) in [6.45, 7) is 5.27. The summed E-state index contributed by atoms with van der Waals surface area (Å²) in [6.07, 6.45) is 1.20. The molecule has 1 aliphatic rings. The number of hydrogen-bond donors (Lipinski definition) is 2. The minimum absolute atomic E-state index is 0.434. The standard InChI is InChI=1S/C14H22BNO3S/c1-3-12-10-16(6-7-20-12)9-11-4-5-14(19-2)13(8-11)15(17)18/h4-5,8,12,17-18H,3,6-7,9-10H2,1-2H3. The maximum atomic E-state index is 9.40. The number of ether oxygens (including phenoxy) is 1. The zero-order chi connectivity index (χ0) is 14.5. The quantitative estimate of drug-likeness (QED) is 0.783. The molecule has 1 aromatic carbocycles. The lowest BCUT2D eigenvalue weighted by Crippen LogP contribution is -2.37. The Balaban J connectivity index is 2.07. The zero-order valence-corrected chi connectivity index (χ0v) is 12.9. The molecule has 20 heavy (non-hydrogen) atoms. The highest BCUT2D eigenvalue weighted by atomic mass is 32.2. The molecule has 1 aliphatic heterocycles. The van der Waals surface area contributed by atoms with Gasteiger partial charge in [0.25, 0.3) is 0 Å². The fourth-order valence-corrected chi connectivity index (χ4v) is 3.76. The third-order valence-corrected chi connectivity index (χ3v) is 5.03. The fourth-order valence-electron chi connectivity index (χ4n) is 2.51. The molecule has 1 atom stereocenters. The number of nitrogens with zero attached hydrogens (tertiary/aromatic N) is 1. The smallest absolute Gasteiger partial charge is 0.492 e. The average molecular weight is 295 g/mol. The summed E-state index contributed by atoms with van der Waals surface area (Å²) in [5.74, 6) is 1.69. The van der Waals surface area contributed by atoms with E-state index >= 15 is 0 Å². The van der Waals surface area contributed by atoms with Crippen LogP contribution in [0.2, 0.25) is 0 Å². The van der Waals surface area contributed by atoms with E-state index in [0.717, 1.165) is 25.2 Å². The molecule has 1 heterocycles. The molecule has 0 spiro atoms. The Hall–Kier alpha value is -0.685. The van der Waals surface area contributed by atoms with Crippen molar-refractivity contribution < 1.29 is 14.8 Å². The van der Waals surface area contributed by atoms with Gasteiger partial charge >= 0.3 is 7.12 Å². The van der Waals surface area contributed by atoms with Gasteiger partial charge in [0.15, 0.2) is 0 Å². The van der Waals surface area contributed by atoms with Crippen LogP contribution in [0.5, 0.6) is 5.75 Å². The Kier molecular flexibility index (Phi) is 5.78. The van der Waals surface area contributed by atoms with Crippen molar-refractivity contribution in [3.05, 3.63) is 23.8 Å². The Morgan fingerprint density at radius 3 is 2.90 bits per heavy atom. The predicted molar refractivity (Wildman–Crippen MR) is 84.6 cm³/mol. The van der Waals surface area contributed by atoms with E-state index in [9.17, 15) is 10.0 Å². The van der Waals surface area contributed by atoms with Gasteiger partial charge in [0.05, 0.1) is 7.11 Å². The van der Waals surface area contributed by atoms with Gasteiger partial charge in [-0.2, -0.15) is 11.8 Å². The highest BCUT2D eigenvalue weighted by Gasteiger charge is 2.21. The van der Waals surface area contributed by atoms with Crippen molar-refractivity contribution in [2.75, 3.05) is 26.0 Å². The Morgan fingerprint density at radius 1 is 1.45 bits per heavy atom. The van der Waals surface area contributed by atoms with Crippen molar-refractivity contribution in [3.63, 3.8) is 0 Å². The lowest BCUT2D eigenvalue weighted by Gasteiger charge is -2.32. The van der Waals surface area contributed by atoms with Crippen LogP contribution in [0.4, 0.5) is 0 Å². The second-order valence-electron chi connectivity index (χ2n) is 5.09. The van der Waals surface area contributed by atoms with Crippen molar-refractivity contribution in [2.45, 2.75) is 25.1 Å². The highest BCUT2D eigenvalue weighted by Crippen LogP contribution is 2.22. The van der Waals surface area contributed by atoms with E-state index < -0.39 is 7.12 Å². The number of rotatable bonds is 5. The number of benzene rings is 1. The van der Waals surface area contributed by atoms with Gasteiger partial charge in [-0.05, 0) is 18.1 Å². The van der Waals surface area contributed by atoms with E-state index in [4.69, 9.17) is 4.74 Å². The zero-order valence-electron chi connectivity index (χ0n) is 12.1. The van der Waals surface area contributed by atoms with Gasteiger partial charge in [-0.15, -0.1) is 0 Å². The summed E-state index contributed by atoms with van der Waals surface area (Å²) >= 11 is 2.05. The van der Waals surface area contributed by atoms with E-state index in [2.05, 4.69) is 11.8 Å². The third-order valence-electron chi connectivity index (χ3n) is 3.66. The van der Waals surface area contributed by atoms with Crippen molar-refractivity contribution in [3.8, 4) is 5.75 Å². The normalized spacial score (nSPS) is 19.9. The molecule has 0 aliphatic carbocycles. The fraction of sp³-hybridized carbons (Fsp3) is 0.571. The van der Waals surface area contributed by atoms with Gasteiger partial charge in [0.1, 0.15) is 5.75 Å². The van der Waals surface area contributed by atoms with Gasteiger partial charge in [-0.1, -0.05) is 19.1 Å². The lowest BCUT2D eigenvalue weighted by atomic mass is 9.78. The maximum absolute atomic E-state index is 9.40. The number of thioether (sulfide) groups is 1. The van der Waals surface area contributed by atoms with Crippen LogP contribution in [-0.4, -0.2) is 53.3 Å². The molecule has 1 fully saturated rings. The van der Waals surface area contributed by atoms with Crippen LogP contribution in [0.3, 0.4) is 0 Å². The predicted octanol–water partition coefficient (Wildman–Crippen LogP) is 0.702. The van der Waals surface area contributed by atoms with E-state index in [1.165, 1.54) is 19.3 Å². The van der Waals surface area contributed by atoms with Crippen LogP contribution in [0.1, 0.15) is 18.9 Å². The molecule has 2 rings (SSSR count). The van der Waals surface area contributed by atoms with E-state index in [0.29, 0.717) is 16.5 Å². The molecule has 1 unspecified atom stereocenters. The summed E-state index contributed by atoms with van der Waals surface area (Å²) in [5.41, 5.74) is 1.53. The molecule has 0 amide bonds. The molecule has 0 bridgehead atoms. The Morgan fingerprint density at radius 2 is 2.25 bits per heavy atom. The summed E-state index contributed by atoms with van der Waals surface area (Å²) in [6, 6.07) is 5.62. The first-order chi connectivity index (χ1) is 9.63. The first-order valence-electron chi connectivity index (χ1n) is 7.01. The van der Waals surface area contributed by atoms with Crippen molar-refractivity contribution in [2.24, 2.45) is 0 Å². The van der Waals surface area contributed by atoms with Gasteiger partial charge in [-0.3, -0.25) is 4.90 Å². The van der Waals surface area contributed by atoms with Crippen LogP contribution >= 0.6 is 11.8 Å². The third kappa shape index (κ3) is 3.91. The summed E-state index contributed by atoms with van der Waals surface area (Å²) in [7, 11) is 0.0411. The second kappa shape index (κ2) is 7.36. The SMILES string of the molecule is CCC1CN(Cc2ccc(OC)c(B(O)O)c2)CCS1. The van der Waals surface area contributed by atoms with Crippen molar-refractivity contribution in [1.82, 2.24) is 4.90 Å². The molecule has 110 valence electrons.